The molecule has 0 aromatic heterocycles. The van der Waals surface area contributed by atoms with E-state index >= 15 is 0 Å². The van der Waals surface area contributed by atoms with Crippen LogP contribution < -0.4 is 5.32 Å². The number of hydrogen-bond acceptors (Lipinski definition) is 2. The quantitative estimate of drug-likeness (QED) is 0.897. The molecule has 0 radical (unpaired) electrons. The lowest BCUT2D eigenvalue weighted by Crippen LogP contribution is -2.33. The van der Waals surface area contributed by atoms with Crippen LogP contribution >= 0.6 is 0 Å². The van der Waals surface area contributed by atoms with E-state index in [2.05, 4.69) is 46.0 Å². The van der Waals surface area contributed by atoms with E-state index in [9.17, 15) is 0 Å². The zero-order chi connectivity index (χ0) is 14.7. The van der Waals surface area contributed by atoms with Crippen molar-refractivity contribution in [2.45, 2.75) is 53.5 Å². The van der Waals surface area contributed by atoms with Gasteiger partial charge in [0, 0.05) is 19.3 Å². The SMILES string of the molecule is CCNC(c1c(C)c(C)cc(C)c1C)C1CCOCC1. The minimum Gasteiger partial charge on any atom is -0.381 e. The number of rotatable bonds is 4. The van der Waals surface area contributed by atoms with Crippen LogP contribution in [0.15, 0.2) is 6.07 Å². The van der Waals surface area contributed by atoms with Crippen molar-refractivity contribution in [1.29, 1.82) is 0 Å². The molecule has 1 heterocycles. The van der Waals surface area contributed by atoms with Crippen LogP contribution in [0.25, 0.3) is 0 Å². The smallest absolute Gasteiger partial charge is 0.0469 e. The third-order valence-corrected chi connectivity index (χ3v) is 4.90. The summed E-state index contributed by atoms with van der Waals surface area (Å²) in [6.07, 6.45) is 2.34. The first-order valence-electron chi connectivity index (χ1n) is 7.94. The Kier molecular flexibility index (Phi) is 5.22. The number of ether oxygens (including phenoxy) is 1. The van der Waals surface area contributed by atoms with Gasteiger partial charge in [0.25, 0.3) is 0 Å². The van der Waals surface area contributed by atoms with Gasteiger partial charge in [-0.3, -0.25) is 0 Å². The van der Waals surface area contributed by atoms with Crippen molar-refractivity contribution in [2.75, 3.05) is 19.8 Å². The number of aryl methyl sites for hydroxylation is 2. The van der Waals surface area contributed by atoms with Crippen LogP contribution in [0.5, 0.6) is 0 Å². The van der Waals surface area contributed by atoms with Gasteiger partial charge < -0.3 is 10.1 Å². The van der Waals surface area contributed by atoms with Crippen molar-refractivity contribution in [2.24, 2.45) is 5.92 Å². The second-order valence-electron chi connectivity index (χ2n) is 6.16. The molecule has 112 valence electrons. The van der Waals surface area contributed by atoms with E-state index < -0.39 is 0 Å². The predicted molar refractivity (Wildman–Crippen MR) is 85.4 cm³/mol. The molecule has 1 unspecified atom stereocenters. The summed E-state index contributed by atoms with van der Waals surface area (Å²) < 4.78 is 5.54. The normalized spacial score (nSPS) is 18.2. The molecule has 1 aliphatic rings. The summed E-state index contributed by atoms with van der Waals surface area (Å²) in [5.74, 6) is 0.697. The Bertz CT molecular complexity index is 435. The van der Waals surface area contributed by atoms with Gasteiger partial charge >= 0.3 is 0 Å². The van der Waals surface area contributed by atoms with Crippen molar-refractivity contribution < 1.29 is 4.74 Å². The van der Waals surface area contributed by atoms with Gasteiger partial charge in [-0.2, -0.15) is 0 Å². The molecule has 0 saturated carbocycles. The molecule has 1 N–H and O–H groups in total. The van der Waals surface area contributed by atoms with E-state index in [0.717, 1.165) is 19.8 Å². The van der Waals surface area contributed by atoms with Gasteiger partial charge in [-0.1, -0.05) is 13.0 Å². The Morgan fingerprint density at radius 2 is 1.65 bits per heavy atom. The van der Waals surface area contributed by atoms with Gasteiger partial charge in [0.1, 0.15) is 0 Å². The molecule has 0 bridgehead atoms. The number of nitrogens with one attached hydrogen (secondary N) is 1. The van der Waals surface area contributed by atoms with Crippen molar-refractivity contribution in [3.63, 3.8) is 0 Å². The molecular weight excluding hydrogens is 246 g/mol. The maximum Gasteiger partial charge on any atom is 0.0469 e. The van der Waals surface area contributed by atoms with Crippen LogP contribution in [0.1, 0.15) is 53.6 Å². The van der Waals surface area contributed by atoms with E-state index in [1.807, 2.05) is 0 Å². The first-order chi connectivity index (χ1) is 9.56. The highest BCUT2D eigenvalue weighted by atomic mass is 16.5. The molecule has 0 aliphatic carbocycles. The highest BCUT2D eigenvalue weighted by molar-refractivity contribution is 5.46. The summed E-state index contributed by atoms with van der Waals surface area (Å²) in [6.45, 7) is 14.1. The zero-order valence-corrected chi connectivity index (χ0v) is 13.7. The third-order valence-electron chi connectivity index (χ3n) is 4.90. The number of hydrogen-bond donors (Lipinski definition) is 1. The molecular formula is C18H29NO. The Hall–Kier alpha value is -0.860. The molecule has 20 heavy (non-hydrogen) atoms. The third kappa shape index (κ3) is 3.07. The molecule has 0 amide bonds. The van der Waals surface area contributed by atoms with Gasteiger partial charge in [-0.25, -0.2) is 0 Å². The van der Waals surface area contributed by atoms with Gasteiger partial charge in [0.15, 0.2) is 0 Å². The fourth-order valence-corrected chi connectivity index (χ4v) is 3.49. The van der Waals surface area contributed by atoms with Gasteiger partial charge in [-0.05, 0) is 80.8 Å². The van der Waals surface area contributed by atoms with Gasteiger partial charge in [0.2, 0.25) is 0 Å². The predicted octanol–water partition coefficient (Wildman–Crippen LogP) is 4.00. The first-order valence-corrected chi connectivity index (χ1v) is 7.94. The maximum atomic E-state index is 5.54. The topological polar surface area (TPSA) is 21.3 Å². The molecule has 1 fully saturated rings. The fraction of sp³-hybridized carbons (Fsp3) is 0.667. The summed E-state index contributed by atoms with van der Waals surface area (Å²) in [4.78, 5) is 0. The highest BCUT2D eigenvalue weighted by Gasteiger charge is 2.27. The molecule has 1 aromatic carbocycles. The lowest BCUT2D eigenvalue weighted by molar-refractivity contribution is 0.0536. The summed E-state index contributed by atoms with van der Waals surface area (Å²) in [5, 5.41) is 3.75. The minimum absolute atomic E-state index is 0.475. The van der Waals surface area contributed by atoms with Crippen LogP contribution in [-0.2, 0) is 4.74 Å². The lowest BCUT2D eigenvalue weighted by atomic mass is 9.81. The van der Waals surface area contributed by atoms with E-state index in [0.29, 0.717) is 12.0 Å². The highest BCUT2D eigenvalue weighted by Crippen LogP contribution is 2.35. The molecule has 1 aliphatic heterocycles. The molecule has 1 saturated heterocycles. The van der Waals surface area contributed by atoms with Crippen molar-refractivity contribution in [3.8, 4) is 0 Å². The fourth-order valence-electron chi connectivity index (χ4n) is 3.49. The van der Waals surface area contributed by atoms with E-state index in [1.54, 1.807) is 0 Å². The largest absolute Gasteiger partial charge is 0.381 e. The monoisotopic (exact) mass is 275 g/mol. The van der Waals surface area contributed by atoms with Crippen molar-refractivity contribution in [1.82, 2.24) is 5.32 Å². The average molecular weight is 275 g/mol. The second kappa shape index (κ2) is 6.73. The zero-order valence-electron chi connectivity index (χ0n) is 13.7. The van der Waals surface area contributed by atoms with Gasteiger partial charge in [0.05, 0.1) is 0 Å². The van der Waals surface area contributed by atoms with Crippen LogP contribution in [0, 0.1) is 33.6 Å². The molecule has 2 heteroatoms. The van der Waals surface area contributed by atoms with E-state index in [-0.39, 0.29) is 0 Å². The Labute approximate surface area is 123 Å². The Morgan fingerprint density at radius 3 is 2.15 bits per heavy atom. The molecule has 2 rings (SSSR count). The summed E-state index contributed by atoms with van der Waals surface area (Å²) >= 11 is 0. The Morgan fingerprint density at radius 1 is 1.10 bits per heavy atom. The summed E-state index contributed by atoms with van der Waals surface area (Å²) in [7, 11) is 0. The first kappa shape index (κ1) is 15.5. The standard InChI is InChI=1S/C18H29NO/c1-6-19-18(16-7-9-20-10-8-16)17-14(4)12(2)11-13(3)15(17)5/h11,16,18-19H,6-10H2,1-5H3. The molecule has 1 aromatic rings. The lowest BCUT2D eigenvalue weighted by Gasteiger charge is -2.34. The molecule has 2 nitrogen and oxygen atoms in total. The summed E-state index contributed by atoms with van der Waals surface area (Å²) in [6, 6.07) is 2.80. The second-order valence-corrected chi connectivity index (χ2v) is 6.16. The summed E-state index contributed by atoms with van der Waals surface area (Å²) in [5.41, 5.74) is 7.29. The molecule has 1 atom stereocenters. The van der Waals surface area contributed by atoms with E-state index in [1.165, 1.54) is 40.7 Å². The van der Waals surface area contributed by atoms with Crippen LogP contribution in [0.2, 0.25) is 0 Å². The van der Waals surface area contributed by atoms with Crippen LogP contribution in [0.4, 0.5) is 0 Å². The Balaban J connectivity index is 2.42. The number of benzene rings is 1. The van der Waals surface area contributed by atoms with Crippen molar-refractivity contribution >= 4 is 0 Å². The molecule has 0 spiro atoms. The van der Waals surface area contributed by atoms with Crippen LogP contribution in [-0.4, -0.2) is 19.8 Å². The maximum absolute atomic E-state index is 5.54. The van der Waals surface area contributed by atoms with Crippen LogP contribution in [0.3, 0.4) is 0 Å². The van der Waals surface area contributed by atoms with E-state index in [4.69, 9.17) is 4.74 Å². The minimum atomic E-state index is 0.475. The van der Waals surface area contributed by atoms with Gasteiger partial charge in [-0.15, -0.1) is 0 Å². The van der Waals surface area contributed by atoms with Crippen molar-refractivity contribution in [3.05, 3.63) is 33.9 Å². The average Bonchev–Trinajstić information content (AvgIpc) is 2.45.